The Balaban J connectivity index is 1.86. The summed E-state index contributed by atoms with van der Waals surface area (Å²) in [6.07, 6.45) is 4.78. The van der Waals surface area contributed by atoms with Crippen LogP contribution in [-0.2, 0) is 19.3 Å². The van der Waals surface area contributed by atoms with E-state index in [-0.39, 0.29) is 6.04 Å². The van der Waals surface area contributed by atoms with Crippen molar-refractivity contribution in [3.05, 3.63) is 56.3 Å². The average Bonchev–Trinajstić information content (AvgIpc) is 2.99. The fourth-order valence-electron chi connectivity index (χ4n) is 3.14. The van der Waals surface area contributed by atoms with Gasteiger partial charge in [0.1, 0.15) is 0 Å². The lowest BCUT2D eigenvalue weighted by Crippen LogP contribution is -2.29. The van der Waals surface area contributed by atoms with E-state index in [0.717, 1.165) is 6.42 Å². The van der Waals surface area contributed by atoms with Gasteiger partial charge in [-0.1, -0.05) is 18.2 Å². The molecule has 0 amide bonds. The second-order valence-electron chi connectivity index (χ2n) is 5.74. The van der Waals surface area contributed by atoms with Crippen LogP contribution in [0.15, 0.2) is 24.3 Å². The van der Waals surface area contributed by atoms with Crippen molar-refractivity contribution < 1.29 is 0 Å². The first kappa shape index (κ1) is 13.8. The lowest BCUT2D eigenvalue weighted by atomic mass is 9.96. The molecule has 0 saturated carbocycles. The summed E-state index contributed by atoms with van der Waals surface area (Å²) in [5, 5.41) is 0. The Kier molecular flexibility index (Phi) is 3.92. The SMILES string of the molecule is Cc1cccc(C)c1CC(NN)c1cc2c(s1)CCC2. The van der Waals surface area contributed by atoms with Gasteiger partial charge in [0.05, 0.1) is 6.04 Å². The number of hydrogen-bond donors (Lipinski definition) is 2. The third-order valence-electron chi connectivity index (χ3n) is 4.36. The van der Waals surface area contributed by atoms with Gasteiger partial charge in [0.25, 0.3) is 0 Å². The molecule has 1 heterocycles. The average molecular weight is 286 g/mol. The topological polar surface area (TPSA) is 38.0 Å². The molecule has 1 aliphatic carbocycles. The quantitative estimate of drug-likeness (QED) is 0.666. The molecule has 2 aromatic rings. The van der Waals surface area contributed by atoms with Crippen LogP contribution in [0.25, 0.3) is 0 Å². The molecule has 0 saturated heterocycles. The maximum absolute atomic E-state index is 5.83. The number of nitrogens with one attached hydrogen (secondary N) is 1. The molecule has 3 N–H and O–H groups in total. The predicted octanol–water partition coefficient (Wildman–Crippen LogP) is 3.60. The van der Waals surface area contributed by atoms with E-state index in [2.05, 4.69) is 43.5 Å². The summed E-state index contributed by atoms with van der Waals surface area (Å²) in [6.45, 7) is 4.37. The van der Waals surface area contributed by atoms with Gasteiger partial charge in [-0.05, 0) is 67.9 Å². The third-order valence-corrected chi connectivity index (χ3v) is 5.71. The Morgan fingerprint density at radius 2 is 2.00 bits per heavy atom. The second kappa shape index (κ2) is 5.68. The number of rotatable bonds is 4. The Labute approximate surface area is 125 Å². The predicted molar refractivity (Wildman–Crippen MR) is 86.0 cm³/mol. The first-order valence-corrected chi connectivity index (χ1v) is 8.13. The Morgan fingerprint density at radius 1 is 1.25 bits per heavy atom. The lowest BCUT2D eigenvalue weighted by Gasteiger charge is -2.17. The fourth-order valence-corrected chi connectivity index (χ4v) is 4.46. The van der Waals surface area contributed by atoms with Crippen LogP contribution in [0, 0.1) is 13.8 Å². The number of fused-ring (bicyclic) bond motifs is 1. The van der Waals surface area contributed by atoms with Gasteiger partial charge in [-0.3, -0.25) is 11.3 Å². The maximum Gasteiger partial charge on any atom is 0.0593 e. The third kappa shape index (κ3) is 2.53. The highest BCUT2D eigenvalue weighted by molar-refractivity contribution is 7.12. The largest absolute Gasteiger partial charge is 0.271 e. The minimum atomic E-state index is 0.227. The molecular weight excluding hydrogens is 264 g/mol. The van der Waals surface area contributed by atoms with Crippen LogP contribution in [0.3, 0.4) is 0 Å². The van der Waals surface area contributed by atoms with Crippen molar-refractivity contribution in [3.8, 4) is 0 Å². The van der Waals surface area contributed by atoms with E-state index in [1.165, 1.54) is 40.8 Å². The summed E-state index contributed by atoms with van der Waals surface area (Å²) in [5.41, 5.74) is 8.70. The zero-order valence-electron chi connectivity index (χ0n) is 12.2. The molecule has 0 spiro atoms. The molecule has 20 heavy (non-hydrogen) atoms. The molecule has 106 valence electrons. The van der Waals surface area contributed by atoms with Crippen molar-refractivity contribution in [1.82, 2.24) is 5.43 Å². The van der Waals surface area contributed by atoms with Gasteiger partial charge in [0.15, 0.2) is 0 Å². The van der Waals surface area contributed by atoms with E-state index in [1.807, 2.05) is 11.3 Å². The first-order chi connectivity index (χ1) is 9.69. The zero-order valence-corrected chi connectivity index (χ0v) is 13.0. The lowest BCUT2D eigenvalue weighted by molar-refractivity contribution is 0.558. The van der Waals surface area contributed by atoms with E-state index in [4.69, 9.17) is 5.84 Å². The van der Waals surface area contributed by atoms with Gasteiger partial charge in [0.2, 0.25) is 0 Å². The van der Waals surface area contributed by atoms with Crippen molar-refractivity contribution in [2.45, 2.75) is 45.6 Å². The van der Waals surface area contributed by atoms with Gasteiger partial charge < -0.3 is 0 Å². The molecule has 0 aliphatic heterocycles. The highest BCUT2D eigenvalue weighted by Crippen LogP contribution is 2.35. The number of aryl methyl sites for hydroxylation is 4. The molecule has 1 aromatic heterocycles. The number of hydrazine groups is 1. The molecule has 0 fully saturated rings. The minimum Gasteiger partial charge on any atom is -0.271 e. The summed E-state index contributed by atoms with van der Waals surface area (Å²) < 4.78 is 0. The van der Waals surface area contributed by atoms with Crippen molar-refractivity contribution in [1.29, 1.82) is 0 Å². The van der Waals surface area contributed by atoms with E-state index >= 15 is 0 Å². The fraction of sp³-hybridized carbons (Fsp3) is 0.412. The molecule has 2 nitrogen and oxygen atoms in total. The Morgan fingerprint density at radius 3 is 2.65 bits per heavy atom. The normalized spacial score (nSPS) is 15.3. The van der Waals surface area contributed by atoms with Gasteiger partial charge in [-0.25, -0.2) is 0 Å². The Hall–Kier alpha value is -1.16. The van der Waals surface area contributed by atoms with E-state index in [1.54, 1.807) is 10.4 Å². The van der Waals surface area contributed by atoms with Gasteiger partial charge in [0, 0.05) is 9.75 Å². The van der Waals surface area contributed by atoms with Crippen molar-refractivity contribution in [3.63, 3.8) is 0 Å². The first-order valence-electron chi connectivity index (χ1n) is 7.31. The smallest absolute Gasteiger partial charge is 0.0593 e. The van der Waals surface area contributed by atoms with E-state index in [0.29, 0.717) is 0 Å². The maximum atomic E-state index is 5.83. The molecule has 0 radical (unpaired) electrons. The van der Waals surface area contributed by atoms with Crippen LogP contribution in [0.5, 0.6) is 0 Å². The minimum absolute atomic E-state index is 0.227. The number of nitrogens with two attached hydrogens (primary N) is 1. The summed E-state index contributed by atoms with van der Waals surface area (Å²) in [4.78, 5) is 2.96. The second-order valence-corrected chi connectivity index (χ2v) is 6.91. The molecule has 3 heteroatoms. The molecule has 0 bridgehead atoms. The summed E-state index contributed by atoms with van der Waals surface area (Å²) in [5.74, 6) is 5.83. The molecule has 1 atom stereocenters. The van der Waals surface area contributed by atoms with Crippen molar-refractivity contribution >= 4 is 11.3 Å². The van der Waals surface area contributed by atoms with Gasteiger partial charge in [-0.2, -0.15) is 0 Å². The monoisotopic (exact) mass is 286 g/mol. The van der Waals surface area contributed by atoms with Crippen LogP contribution in [0.4, 0.5) is 0 Å². The van der Waals surface area contributed by atoms with Crippen molar-refractivity contribution in [2.75, 3.05) is 0 Å². The molecule has 1 unspecified atom stereocenters. The summed E-state index contributed by atoms with van der Waals surface area (Å²) >= 11 is 1.94. The van der Waals surface area contributed by atoms with Crippen LogP contribution >= 0.6 is 11.3 Å². The number of benzene rings is 1. The van der Waals surface area contributed by atoms with Crippen LogP contribution in [0.2, 0.25) is 0 Å². The molecular formula is C17H22N2S. The molecule has 3 rings (SSSR count). The highest BCUT2D eigenvalue weighted by Gasteiger charge is 2.20. The number of thiophene rings is 1. The van der Waals surface area contributed by atoms with Crippen LogP contribution < -0.4 is 11.3 Å². The summed E-state index contributed by atoms with van der Waals surface area (Å²) in [6, 6.07) is 9.09. The van der Waals surface area contributed by atoms with Gasteiger partial charge in [-0.15, -0.1) is 11.3 Å². The summed E-state index contributed by atoms with van der Waals surface area (Å²) in [7, 11) is 0. The van der Waals surface area contributed by atoms with Crippen LogP contribution in [0.1, 0.15) is 44.5 Å². The zero-order chi connectivity index (χ0) is 14.1. The van der Waals surface area contributed by atoms with Crippen LogP contribution in [-0.4, -0.2) is 0 Å². The Bertz CT molecular complexity index is 574. The number of hydrogen-bond acceptors (Lipinski definition) is 3. The van der Waals surface area contributed by atoms with Gasteiger partial charge >= 0.3 is 0 Å². The van der Waals surface area contributed by atoms with E-state index in [9.17, 15) is 0 Å². The molecule has 1 aromatic carbocycles. The molecule has 1 aliphatic rings. The van der Waals surface area contributed by atoms with Crippen molar-refractivity contribution in [2.24, 2.45) is 5.84 Å². The highest BCUT2D eigenvalue weighted by atomic mass is 32.1. The standard InChI is InChI=1S/C17H22N2S/c1-11-5-3-6-12(2)14(11)10-15(19-18)17-9-13-7-4-8-16(13)20-17/h3,5-6,9,15,19H,4,7-8,10,18H2,1-2H3. The van der Waals surface area contributed by atoms with E-state index < -0.39 is 0 Å².